The van der Waals surface area contributed by atoms with Gasteiger partial charge in [0, 0.05) is 4.47 Å². The van der Waals surface area contributed by atoms with Gasteiger partial charge in [-0.3, -0.25) is 9.48 Å². The summed E-state index contributed by atoms with van der Waals surface area (Å²) in [5.74, 6) is 0.966. The number of carbonyl (C=O) groups excluding carboxylic acids is 1. The second-order valence-electron chi connectivity index (χ2n) is 8.41. The first-order valence-electron chi connectivity index (χ1n) is 11.0. The van der Waals surface area contributed by atoms with Gasteiger partial charge in [0.2, 0.25) is 0 Å². The Morgan fingerprint density at radius 1 is 1.09 bits per heavy atom. The number of halogens is 1. The Balaban J connectivity index is 1.52. The van der Waals surface area contributed by atoms with Crippen LogP contribution in [0.15, 0.2) is 51.5 Å². The molecule has 0 atom stereocenters. The van der Waals surface area contributed by atoms with Crippen molar-refractivity contribution >= 4 is 27.5 Å². The first-order valence-corrected chi connectivity index (χ1v) is 11.8. The molecule has 4 rings (SSSR count). The van der Waals surface area contributed by atoms with Crippen LogP contribution in [0.4, 0.5) is 5.69 Å². The largest absolute Gasteiger partial charge is 0.488 e. The predicted molar refractivity (Wildman–Crippen MR) is 134 cm³/mol. The molecule has 0 aliphatic carbocycles. The van der Waals surface area contributed by atoms with Crippen LogP contribution in [0.2, 0.25) is 0 Å². The summed E-state index contributed by atoms with van der Waals surface area (Å²) < 4.78 is 14.3. The standard InChI is InChI=1S/C26H27BrN4O3/c1-15-6-7-16(2)23(12-15)33-14-22-19(5)34-30-25(22)26(32)28-24-17(3)29-31(18(24)4)13-20-8-10-21(27)11-9-20/h6-12H,13-14H2,1-5H3,(H,28,32). The molecule has 0 spiro atoms. The van der Waals surface area contributed by atoms with Gasteiger partial charge in [0.15, 0.2) is 5.69 Å². The number of benzene rings is 2. The Bertz CT molecular complexity index is 1340. The third kappa shape index (κ3) is 5.07. The van der Waals surface area contributed by atoms with Crippen molar-refractivity contribution < 1.29 is 14.1 Å². The van der Waals surface area contributed by atoms with Crippen LogP contribution < -0.4 is 10.1 Å². The van der Waals surface area contributed by atoms with Crippen molar-refractivity contribution in [1.29, 1.82) is 0 Å². The molecule has 176 valence electrons. The van der Waals surface area contributed by atoms with E-state index in [9.17, 15) is 4.79 Å². The first-order chi connectivity index (χ1) is 16.2. The number of amides is 1. The van der Waals surface area contributed by atoms with Gasteiger partial charge in [-0.1, -0.05) is 45.4 Å². The minimum atomic E-state index is -0.356. The van der Waals surface area contributed by atoms with Crippen molar-refractivity contribution in [1.82, 2.24) is 14.9 Å². The van der Waals surface area contributed by atoms with Crippen molar-refractivity contribution in [2.45, 2.75) is 47.8 Å². The molecule has 4 aromatic rings. The van der Waals surface area contributed by atoms with E-state index in [1.165, 1.54) is 0 Å². The zero-order chi connectivity index (χ0) is 24.4. The van der Waals surface area contributed by atoms with Crippen molar-refractivity contribution in [2.75, 3.05) is 5.32 Å². The quantitative estimate of drug-likeness (QED) is 0.319. The molecule has 2 heterocycles. The molecule has 34 heavy (non-hydrogen) atoms. The van der Waals surface area contributed by atoms with Gasteiger partial charge < -0.3 is 14.6 Å². The smallest absolute Gasteiger partial charge is 0.278 e. The summed E-state index contributed by atoms with van der Waals surface area (Å²) >= 11 is 3.46. The van der Waals surface area contributed by atoms with Crippen molar-refractivity contribution in [3.63, 3.8) is 0 Å². The van der Waals surface area contributed by atoms with Crippen LogP contribution in [0.1, 0.15) is 49.9 Å². The van der Waals surface area contributed by atoms with Gasteiger partial charge in [0.05, 0.1) is 29.2 Å². The number of anilines is 1. The Kier molecular flexibility index (Phi) is 6.88. The highest BCUT2D eigenvalue weighted by atomic mass is 79.9. The van der Waals surface area contributed by atoms with Gasteiger partial charge in [-0.15, -0.1) is 0 Å². The number of nitrogens with one attached hydrogen (secondary N) is 1. The number of aromatic nitrogens is 3. The van der Waals surface area contributed by atoms with E-state index in [0.29, 0.717) is 23.6 Å². The molecular formula is C26H27BrN4O3. The van der Waals surface area contributed by atoms with Crippen molar-refractivity contribution in [3.05, 3.63) is 92.0 Å². The summed E-state index contributed by atoms with van der Waals surface area (Å²) in [5.41, 5.74) is 6.34. The Morgan fingerprint density at radius 2 is 1.82 bits per heavy atom. The van der Waals surface area contributed by atoms with E-state index in [4.69, 9.17) is 9.26 Å². The monoisotopic (exact) mass is 522 g/mol. The summed E-state index contributed by atoms with van der Waals surface area (Å²) in [7, 11) is 0. The molecule has 1 amide bonds. The van der Waals surface area contributed by atoms with Crippen LogP contribution in [0.5, 0.6) is 5.75 Å². The molecule has 0 fully saturated rings. The lowest BCUT2D eigenvalue weighted by atomic mass is 10.1. The number of aryl methyl sites for hydroxylation is 4. The van der Waals surface area contributed by atoms with E-state index in [1.807, 2.05) is 74.8 Å². The molecule has 0 bridgehead atoms. The van der Waals surface area contributed by atoms with Crippen molar-refractivity contribution in [3.8, 4) is 5.75 Å². The Hall–Kier alpha value is -3.39. The zero-order valence-electron chi connectivity index (χ0n) is 19.9. The third-order valence-electron chi connectivity index (χ3n) is 5.78. The zero-order valence-corrected chi connectivity index (χ0v) is 21.5. The molecule has 0 radical (unpaired) electrons. The van der Waals surface area contributed by atoms with Gasteiger partial charge in [-0.05, 0) is 69.5 Å². The lowest BCUT2D eigenvalue weighted by Gasteiger charge is -2.10. The molecule has 2 aromatic heterocycles. The number of hydrogen-bond donors (Lipinski definition) is 1. The number of carbonyl (C=O) groups is 1. The molecule has 0 unspecified atom stereocenters. The molecule has 2 aromatic carbocycles. The summed E-state index contributed by atoms with van der Waals surface area (Å²) in [6, 6.07) is 14.1. The molecule has 0 aliphatic heterocycles. The lowest BCUT2D eigenvalue weighted by Crippen LogP contribution is -2.16. The molecule has 0 saturated carbocycles. The van der Waals surface area contributed by atoms with Gasteiger partial charge in [0.25, 0.3) is 5.91 Å². The second-order valence-corrected chi connectivity index (χ2v) is 9.32. The number of ether oxygens (including phenoxy) is 1. The van der Waals surface area contributed by atoms with E-state index in [2.05, 4.69) is 31.5 Å². The van der Waals surface area contributed by atoms with Crippen LogP contribution in [0, 0.1) is 34.6 Å². The van der Waals surface area contributed by atoms with Crippen LogP contribution in [0.3, 0.4) is 0 Å². The number of hydrogen-bond acceptors (Lipinski definition) is 5. The van der Waals surface area contributed by atoms with Crippen molar-refractivity contribution in [2.24, 2.45) is 0 Å². The van der Waals surface area contributed by atoms with Gasteiger partial charge in [-0.25, -0.2) is 0 Å². The van der Waals surface area contributed by atoms with Crippen LogP contribution in [-0.2, 0) is 13.2 Å². The molecule has 8 heteroatoms. The fraction of sp³-hybridized carbons (Fsp3) is 0.269. The average Bonchev–Trinajstić information content (AvgIpc) is 3.30. The highest BCUT2D eigenvalue weighted by Crippen LogP contribution is 2.25. The van der Waals surface area contributed by atoms with Crippen LogP contribution >= 0.6 is 15.9 Å². The maximum Gasteiger partial charge on any atom is 0.278 e. The minimum Gasteiger partial charge on any atom is -0.488 e. The molecular weight excluding hydrogens is 496 g/mol. The summed E-state index contributed by atoms with van der Waals surface area (Å²) in [6.07, 6.45) is 0. The number of nitrogens with zero attached hydrogens (tertiary/aromatic N) is 3. The Labute approximate surface area is 207 Å². The van der Waals surface area contributed by atoms with Gasteiger partial charge in [0.1, 0.15) is 18.1 Å². The van der Waals surface area contributed by atoms with E-state index < -0.39 is 0 Å². The predicted octanol–water partition coefficient (Wildman–Crippen LogP) is 6.06. The summed E-state index contributed by atoms with van der Waals surface area (Å²) in [5, 5.41) is 11.6. The molecule has 1 N–H and O–H groups in total. The molecule has 0 saturated heterocycles. The summed E-state index contributed by atoms with van der Waals surface area (Å²) in [4.78, 5) is 13.2. The van der Waals surface area contributed by atoms with Crippen LogP contribution in [-0.4, -0.2) is 20.8 Å². The van der Waals surface area contributed by atoms with E-state index in [1.54, 1.807) is 6.92 Å². The highest BCUT2D eigenvalue weighted by Gasteiger charge is 2.23. The summed E-state index contributed by atoms with van der Waals surface area (Å²) in [6.45, 7) is 10.4. The third-order valence-corrected chi connectivity index (χ3v) is 6.31. The lowest BCUT2D eigenvalue weighted by molar-refractivity contribution is 0.101. The fourth-order valence-electron chi connectivity index (χ4n) is 3.72. The molecule has 7 nitrogen and oxygen atoms in total. The van der Waals surface area contributed by atoms with Gasteiger partial charge >= 0.3 is 0 Å². The second kappa shape index (κ2) is 9.85. The average molecular weight is 523 g/mol. The van der Waals surface area contributed by atoms with Gasteiger partial charge in [-0.2, -0.15) is 5.10 Å². The number of rotatable bonds is 7. The van der Waals surface area contributed by atoms with E-state index in [-0.39, 0.29) is 18.2 Å². The highest BCUT2D eigenvalue weighted by molar-refractivity contribution is 9.10. The Morgan fingerprint density at radius 3 is 2.56 bits per heavy atom. The normalized spacial score (nSPS) is 11.0. The van der Waals surface area contributed by atoms with E-state index >= 15 is 0 Å². The fourth-order valence-corrected chi connectivity index (χ4v) is 3.98. The maximum absolute atomic E-state index is 13.2. The SMILES string of the molecule is Cc1ccc(C)c(OCc2c(C(=O)Nc3c(C)nn(Cc4ccc(Br)cc4)c3C)noc2C)c1. The first kappa shape index (κ1) is 23.8. The topological polar surface area (TPSA) is 82.2 Å². The van der Waals surface area contributed by atoms with E-state index in [0.717, 1.165) is 38.3 Å². The minimum absolute atomic E-state index is 0.184. The maximum atomic E-state index is 13.2. The molecule has 0 aliphatic rings. The van der Waals surface area contributed by atoms with Crippen LogP contribution in [0.25, 0.3) is 0 Å².